The van der Waals surface area contributed by atoms with Gasteiger partial charge in [-0.15, -0.1) is 0 Å². The Morgan fingerprint density at radius 3 is 1.64 bits per heavy atom. The Morgan fingerprint density at radius 1 is 0.356 bits per heavy atom. The second kappa shape index (κ2) is 10.3. The Labute approximate surface area is 260 Å². The van der Waals surface area contributed by atoms with Crippen molar-refractivity contribution >= 4 is 60.9 Å². The van der Waals surface area contributed by atoms with Crippen molar-refractivity contribution in [3.63, 3.8) is 0 Å². The summed E-state index contributed by atoms with van der Waals surface area (Å²) in [5.74, 6) is 0. The van der Waals surface area contributed by atoms with E-state index in [2.05, 4.69) is 144 Å². The average Bonchev–Trinajstić information content (AvgIpc) is 3.67. The molecule has 9 aromatic rings. The lowest BCUT2D eigenvalue weighted by atomic mass is 9.91. The zero-order valence-electron chi connectivity index (χ0n) is 24.4. The second-order valence-corrected chi connectivity index (χ2v) is 11.3. The van der Waals surface area contributed by atoms with E-state index in [1.807, 2.05) is 24.3 Å². The molecule has 3 heteroatoms. The van der Waals surface area contributed by atoms with Gasteiger partial charge in [0, 0.05) is 44.5 Å². The molecule has 0 saturated heterocycles. The van der Waals surface area contributed by atoms with E-state index in [-0.39, 0.29) is 0 Å². The highest BCUT2D eigenvalue weighted by Gasteiger charge is 2.22. The van der Waals surface area contributed by atoms with Gasteiger partial charge in [0.1, 0.15) is 22.3 Å². The van der Waals surface area contributed by atoms with E-state index in [1.54, 1.807) is 0 Å². The number of anilines is 3. The monoisotopic (exact) mass is 577 g/mol. The molecule has 0 saturated carbocycles. The largest absolute Gasteiger partial charge is 0.456 e. The highest BCUT2D eigenvalue weighted by molar-refractivity contribution is 6.08. The van der Waals surface area contributed by atoms with E-state index >= 15 is 0 Å². The minimum absolute atomic E-state index is 0.860. The summed E-state index contributed by atoms with van der Waals surface area (Å²) in [5.41, 5.74) is 11.2. The molecule has 0 atom stereocenters. The maximum Gasteiger partial charge on any atom is 0.137 e. The molecule has 9 rings (SSSR count). The lowest BCUT2D eigenvalue weighted by Gasteiger charge is -2.29. The molecule has 0 radical (unpaired) electrons. The third kappa shape index (κ3) is 4.21. The van der Waals surface area contributed by atoms with Gasteiger partial charge in [0.2, 0.25) is 0 Å². The van der Waals surface area contributed by atoms with E-state index in [0.29, 0.717) is 0 Å². The summed E-state index contributed by atoms with van der Waals surface area (Å²) in [6.07, 6.45) is 0. The molecule has 45 heavy (non-hydrogen) atoms. The fourth-order valence-corrected chi connectivity index (χ4v) is 6.63. The van der Waals surface area contributed by atoms with Gasteiger partial charge >= 0.3 is 0 Å². The lowest BCUT2D eigenvalue weighted by Crippen LogP contribution is -2.11. The molecule has 2 heterocycles. The highest BCUT2D eigenvalue weighted by Crippen LogP contribution is 2.47. The van der Waals surface area contributed by atoms with Crippen molar-refractivity contribution in [2.75, 3.05) is 4.90 Å². The Hall–Kier alpha value is -6.06. The number of fused-ring (bicyclic) bond motifs is 6. The molecule has 0 bridgehead atoms. The summed E-state index contributed by atoms with van der Waals surface area (Å²) in [7, 11) is 0. The van der Waals surface area contributed by atoms with Crippen LogP contribution in [0.15, 0.2) is 173 Å². The zero-order chi connectivity index (χ0) is 29.7. The lowest BCUT2D eigenvalue weighted by molar-refractivity contribution is 0.668. The van der Waals surface area contributed by atoms with Gasteiger partial charge in [-0.2, -0.15) is 0 Å². The van der Waals surface area contributed by atoms with Crippen LogP contribution < -0.4 is 4.90 Å². The summed E-state index contributed by atoms with van der Waals surface area (Å²) >= 11 is 0. The van der Waals surface area contributed by atoms with Crippen LogP contribution in [-0.4, -0.2) is 0 Å². The minimum Gasteiger partial charge on any atom is -0.456 e. The van der Waals surface area contributed by atoms with Gasteiger partial charge in [-0.25, -0.2) is 0 Å². The van der Waals surface area contributed by atoms with E-state index < -0.39 is 0 Å². The molecule has 0 spiro atoms. The Kier molecular flexibility index (Phi) is 5.82. The number of para-hydroxylation sites is 3. The SMILES string of the molecule is c1ccc(-c2cccc(N(c3ccccc3)c3ccc4c(c3)oc3ccccc34)c2-c2ccc3c(c2)oc2ccccc23)cc1. The Morgan fingerprint density at radius 2 is 0.933 bits per heavy atom. The number of furan rings is 2. The number of hydrogen-bond donors (Lipinski definition) is 0. The van der Waals surface area contributed by atoms with Crippen LogP contribution in [0.3, 0.4) is 0 Å². The van der Waals surface area contributed by atoms with Crippen LogP contribution in [0.25, 0.3) is 66.1 Å². The molecule has 2 aromatic heterocycles. The van der Waals surface area contributed by atoms with Gasteiger partial charge < -0.3 is 13.7 Å². The van der Waals surface area contributed by atoms with Gasteiger partial charge in [-0.1, -0.05) is 103 Å². The fraction of sp³-hybridized carbons (Fsp3) is 0. The Bertz CT molecular complexity index is 2490. The Balaban J connectivity index is 1.33. The maximum atomic E-state index is 6.38. The van der Waals surface area contributed by atoms with Crippen molar-refractivity contribution in [1.82, 2.24) is 0 Å². The van der Waals surface area contributed by atoms with E-state index in [4.69, 9.17) is 8.83 Å². The summed E-state index contributed by atoms with van der Waals surface area (Å²) in [4.78, 5) is 2.33. The van der Waals surface area contributed by atoms with Gasteiger partial charge in [0.05, 0.1) is 5.69 Å². The zero-order valence-corrected chi connectivity index (χ0v) is 24.4. The van der Waals surface area contributed by atoms with Crippen LogP contribution in [0, 0.1) is 0 Å². The third-order valence-electron chi connectivity index (χ3n) is 8.67. The van der Waals surface area contributed by atoms with Crippen LogP contribution in [0.2, 0.25) is 0 Å². The normalized spacial score (nSPS) is 11.6. The van der Waals surface area contributed by atoms with Crippen LogP contribution in [0.5, 0.6) is 0 Å². The van der Waals surface area contributed by atoms with Crippen molar-refractivity contribution in [3.05, 3.63) is 164 Å². The molecular weight excluding hydrogens is 550 g/mol. The minimum atomic E-state index is 0.860. The van der Waals surface area contributed by atoms with Crippen molar-refractivity contribution in [1.29, 1.82) is 0 Å². The van der Waals surface area contributed by atoms with E-state index in [1.165, 1.54) is 0 Å². The quantitative estimate of drug-likeness (QED) is 0.204. The molecule has 0 aliphatic heterocycles. The van der Waals surface area contributed by atoms with E-state index in [0.717, 1.165) is 83.2 Å². The predicted molar refractivity (Wildman–Crippen MR) is 187 cm³/mol. The van der Waals surface area contributed by atoms with Crippen LogP contribution >= 0.6 is 0 Å². The number of benzene rings is 7. The van der Waals surface area contributed by atoms with Gasteiger partial charge in [0.25, 0.3) is 0 Å². The smallest absolute Gasteiger partial charge is 0.137 e. The molecule has 0 amide bonds. The van der Waals surface area contributed by atoms with Gasteiger partial charge in [-0.3, -0.25) is 0 Å². The van der Waals surface area contributed by atoms with Crippen LogP contribution in [0.4, 0.5) is 17.1 Å². The summed E-state index contributed by atoms with van der Waals surface area (Å²) in [5, 5.41) is 4.47. The molecule has 212 valence electrons. The summed E-state index contributed by atoms with van der Waals surface area (Å²) in [6, 6.07) is 57.3. The van der Waals surface area contributed by atoms with Gasteiger partial charge in [-0.05, 0) is 71.3 Å². The van der Waals surface area contributed by atoms with E-state index in [9.17, 15) is 0 Å². The van der Waals surface area contributed by atoms with Crippen molar-refractivity contribution in [3.8, 4) is 22.3 Å². The number of hydrogen-bond acceptors (Lipinski definition) is 3. The van der Waals surface area contributed by atoms with Crippen molar-refractivity contribution < 1.29 is 8.83 Å². The first kappa shape index (κ1) is 25.4. The predicted octanol–water partition coefficient (Wildman–Crippen LogP) is 12.3. The van der Waals surface area contributed by atoms with Gasteiger partial charge in [0.15, 0.2) is 0 Å². The molecule has 0 unspecified atom stereocenters. The highest BCUT2D eigenvalue weighted by atomic mass is 16.3. The number of rotatable bonds is 5. The molecule has 0 fully saturated rings. The molecule has 0 N–H and O–H groups in total. The molecule has 3 nitrogen and oxygen atoms in total. The molecular formula is C42H27NO2. The third-order valence-corrected chi connectivity index (χ3v) is 8.67. The van der Waals surface area contributed by atoms with Crippen LogP contribution in [0.1, 0.15) is 0 Å². The summed E-state index contributed by atoms with van der Waals surface area (Å²) < 4.78 is 12.7. The number of nitrogens with zero attached hydrogens (tertiary/aromatic N) is 1. The van der Waals surface area contributed by atoms with Crippen molar-refractivity contribution in [2.24, 2.45) is 0 Å². The molecule has 0 aliphatic rings. The average molecular weight is 578 g/mol. The second-order valence-electron chi connectivity index (χ2n) is 11.3. The first-order valence-electron chi connectivity index (χ1n) is 15.2. The van der Waals surface area contributed by atoms with Crippen molar-refractivity contribution in [2.45, 2.75) is 0 Å². The maximum absolute atomic E-state index is 6.38. The molecule has 7 aromatic carbocycles. The first-order valence-corrected chi connectivity index (χ1v) is 15.2. The fourth-order valence-electron chi connectivity index (χ4n) is 6.63. The summed E-state index contributed by atoms with van der Waals surface area (Å²) in [6.45, 7) is 0. The topological polar surface area (TPSA) is 29.5 Å². The molecule has 0 aliphatic carbocycles. The first-order chi connectivity index (χ1) is 22.3. The van der Waals surface area contributed by atoms with Crippen LogP contribution in [-0.2, 0) is 0 Å². The standard InChI is InChI=1S/C42H27NO2/c1-3-12-28(13-4-1)32-18-11-19-37(42(32)29-22-24-35-33-16-7-9-20-38(33)44-40(35)26-29)43(30-14-5-2-6-15-30)31-23-25-36-34-17-8-10-21-39(34)45-41(36)27-31/h1-27H.